The maximum Gasteiger partial charge on any atom is 0.253 e. The first-order valence-electron chi connectivity index (χ1n) is 11.9. The largest absolute Gasteiger partial charge is 0.494 e. The second-order valence-corrected chi connectivity index (χ2v) is 11.2. The molecule has 0 aromatic heterocycles. The zero-order valence-electron chi connectivity index (χ0n) is 19.8. The van der Waals surface area contributed by atoms with Crippen LogP contribution in [0.1, 0.15) is 54.6 Å². The second-order valence-electron chi connectivity index (χ2n) is 9.31. The Bertz CT molecular complexity index is 1090. The highest BCUT2D eigenvalue weighted by Crippen LogP contribution is 2.35. The van der Waals surface area contributed by atoms with E-state index in [1.54, 1.807) is 12.1 Å². The van der Waals surface area contributed by atoms with Crippen LogP contribution < -0.4 is 9.04 Å². The van der Waals surface area contributed by atoms with Crippen LogP contribution in [0.5, 0.6) is 5.75 Å². The van der Waals surface area contributed by atoms with E-state index in [4.69, 9.17) is 4.74 Å². The Morgan fingerprint density at radius 1 is 1.09 bits per heavy atom. The lowest BCUT2D eigenvalue weighted by Gasteiger charge is -2.32. The molecule has 0 spiro atoms. The van der Waals surface area contributed by atoms with Crippen LogP contribution in [-0.2, 0) is 22.9 Å². The molecule has 33 heavy (non-hydrogen) atoms. The van der Waals surface area contributed by atoms with Crippen molar-refractivity contribution in [3.8, 4) is 5.75 Å². The quantitative estimate of drug-likeness (QED) is 0.606. The number of hydrogen-bond acceptors (Lipinski definition) is 4. The van der Waals surface area contributed by atoms with Gasteiger partial charge in [0.05, 0.1) is 18.6 Å². The normalized spacial score (nSPS) is 18.9. The van der Waals surface area contributed by atoms with Crippen molar-refractivity contribution in [2.24, 2.45) is 5.92 Å². The highest BCUT2D eigenvalue weighted by molar-refractivity contribution is 7.92. The van der Waals surface area contributed by atoms with Gasteiger partial charge in [-0.25, -0.2) is 8.42 Å². The lowest BCUT2D eigenvalue weighted by molar-refractivity contribution is 0.0687. The SMILES string of the molecule is CCOc1ccc(CCC2CCN(C(=O)c3ccc4c(c3)C[C@@H](C)N4S(C)(=O)=O)CC2)cc1. The number of piperidine rings is 1. The zero-order valence-corrected chi connectivity index (χ0v) is 20.6. The van der Waals surface area contributed by atoms with Gasteiger partial charge in [-0.15, -0.1) is 0 Å². The fourth-order valence-corrected chi connectivity index (χ4v) is 6.40. The maximum absolute atomic E-state index is 13.1. The summed E-state index contributed by atoms with van der Waals surface area (Å²) in [7, 11) is -3.32. The van der Waals surface area contributed by atoms with Crippen molar-refractivity contribution in [2.45, 2.75) is 52.0 Å². The van der Waals surface area contributed by atoms with E-state index in [-0.39, 0.29) is 11.9 Å². The molecule has 2 aromatic carbocycles. The minimum Gasteiger partial charge on any atom is -0.494 e. The van der Waals surface area contributed by atoms with E-state index in [0.717, 1.165) is 50.1 Å². The Hall–Kier alpha value is -2.54. The summed E-state index contributed by atoms with van der Waals surface area (Å²) in [6.07, 6.45) is 6.09. The lowest BCUT2D eigenvalue weighted by Crippen LogP contribution is -2.38. The molecule has 1 amide bonds. The molecule has 2 heterocycles. The van der Waals surface area contributed by atoms with Crippen LogP contribution in [0, 0.1) is 5.92 Å². The molecule has 0 bridgehead atoms. The van der Waals surface area contributed by atoms with E-state index >= 15 is 0 Å². The van der Waals surface area contributed by atoms with Crippen molar-refractivity contribution >= 4 is 21.6 Å². The maximum atomic E-state index is 13.1. The number of carbonyl (C=O) groups excluding carboxylic acids is 1. The monoisotopic (exact) mass is 470 g/mol. The number of amides is 1. The summed E-state index contributed by atoms with van der Waals surface area (Å²) in [6.45, 7) is 6.12. The summed E-state index contributed by atoms with van der Waals surface area (Å²) in [4.78, 5) is 15.1. The third-order valence-electron chi connectivity index (χ3n) is 6.81. The molecule has 6 nitrogen and oxygen atoms in total. The molecule has 4 rings (SSSR count). The lowest BCUT2D eigenvalue weighted by atomic mass is 9.90. The molecule has 0 N–H and O–H groups in total. The van der Waals surface area contributed by atoms with Gasteiger partial charge in [-0.3, -0.25) is 9.10 Å². The number of ether oxygens (including phenoxy) is 1. The van der Waals surface area contributed by atoms with Crippen LogP contribution in [0.15, 0.2) is 42.5 Å². The Morgan fingerprint density at radius 2 is 1.79 bits per heavy atom. The molecule has 1 fully saturated rings. The van der Waals surface area contributed by atoms with Gasteiger partial charge in [0.25, 0.3) is 5.91 Å². The third-order valence-corrected chi connectivity index (χ3v) is 8.09. The minimum atomic E-state index is -3.32. The molecule has 0 radical (unpaired) electrons. The fourth-order valence-electron chi connectivity index (χ4n) is 5.14. The summed E-state index contributed by atoms with van der Waals surface area (Å²) in [5, 5.41) is 0. The van der Waals surface area contributed by atoms with Gasteiger partial charge in [-0.2, -0.15) is 0 Å². The fraction of sp³-hybridized carbons (Fsp3) is 0.500. The predicted molar refractivity (Wildman–Crippen MR) is 131 cm³/mol. The van der Waals surface area contributed by atoms with E-state index < -0.39 is 10.0 Å². The molecule has 7 heteroatoms. The molecular weight excluding hydrogens is 436 g/mol. The number of rotatable bonds is 7. The number of likely N-dealkylation sites (tertiary alicyclic amines) is 1. The predicted octanol–water partition coefficient (Wildman–Crippen LogP) is 4.28. The van der Waals surface area contributed by atoms with Crippen molar-refractivity contribution in [2.75, 3.05) is 30.3 Å². The third kappa shape index (κ3) is 5.35. The molecule has 2 aromatic rings. The van der Waals surface area contributed by atoms with Crippen molar-refractivity contribution in [3.63, 3.8) is 0 Å². The number of benzene rings is 2. The molecule has 0 saturated carbocycles. The number of hydrogen-bond donors (Lipinski definition) is 0. The molecule has 1 atom stereocenters. The number of nitrogens with zero attached hydrogens (tertiary/aromatic N) is 2. The number of fused-ring (bicyclic) bond motifs is 1. The number of carbonyl (C=O) groups is 1. The van der Waals surface area contributed by atoms with Gasteiger partial charge in [0.2, 0.25) is 10.0 Å². The molecule has 0 aliphatic carbocycles. The minimum absolute atomic E-state index is 0.0493. The molecule has 2 aliphatic heterocycles. The van der Waals surface area contributed by atoms with E-state index in [1.165, 1.54) is 16.1 Å². The standard InChI is InChI=1S/C26H34N2O4S/c1-4-32-24-10-7-20(8-11-24)5-6-21-13-15-27(16-14-21)26(29)22-9-12-25-23(18-22)17-19(2)28(25)33(3,30)31/h7-12,18-19,21H,4-6,13-17H2,1-3H3/t19-/m1/s1. The number of aryl methyl sites for hydroxylation is 1. The number of anilines is 1. The van der Waals surface area contributed by atoms with Crippen LogP contribution in [0.2, 0.25) is 0 Å². The average molecular weight is 471 g/mol. The van der Waals surface area contributed by atoms with Gasteiger partial charge in [0.15, 0.2) is 0 Å². The summed E-state index contributed by atoms with van der Waals surface area (Å²) < 4.78 is 31.2. The average Bonchev–Trinajstić information content (AvgIpc) is 3.14. The number of sulfonamides is 1. The Kier molecular flexibility index (Phi) is 6.98. The molecule has 1 saturated heterocycles. The van der Waals surface area contributed by atoms with Crippen LogP contribution in [0.4, 0.5) is 5.69 Å². The van der Waals surface area contributed by atoms with Crippen LogP contribution in [0.3, 0.4) is 0 Å². The smallest absolute Gasteiger partial charge is 0.253 e. The Balaban J connectivity index is 1.31. The summed E-state index contributed by atoms with van der Waals surface area (Å²) in [5.41, 5.74) is 3.62. The molecular formula is C26H34N2O4S. The van der Waals surface area contributed by atoms with Crippen LogP contribution in [-0.4, -0.2) is 51.2 Å². The van der Waals surface area contributed by atoms with Crippen molar-refractivity contribution in [1.82, 2.24) is 4.90 Å². The first-order valence-corrected chi connectivity index (χ1v) is 13.7. The summed E-state index contributed by atoms with van der Waals surface area (Å²) >= 11 is 0. The second kappa shape index (κ2) is 9.75. The first kappa shape index (κ1) is 23.6. The van der Waals surface area contributed by atoms with Crippen molar-refractivity contribution in [1.29, 1.82) is 0 Å². The Morgan fingerprint density at radius 3 is 2.42 bits per heavy atom. The molecule has 2 aliphatic rings. The van der Waals surface area contributed by atoms with Gasteiger partial charge in [0, 0.05) is 24.7 Å². The highest BCUT2D eigenvalue weighted by Gasteiger charge is 2.33. The van der Waals surface area contributed by atoms with Crippen LogP contribution >= 0.6 is 0 Å². The first-order chi connectivity index (χ1) is 15.8. The van der Waals surface area contributed by atoms with Crippen molar-refractivity contribution in [3.05, 3.63) is 59.2 Å². The van der Waals surface area contributed by atoms with E-state index in [2.05, 4.69) is 12.1 Å². The van der Waals surface area contributed by atoms with Crippen LogP contribution in [0.25, 0.3) is 0 Å². The van der Waals surface area contributed by atoms with E-state index in [9.17, 15) is 13.2 Å². The van der Waals surface area contributed by atoms with Crippen molar-refractivity contribution < 1.29 is 17.9 Å². The summed E-state index contributed by atoms with van der Waals surface area (Å²) in [5.74, 6) is 1.59. The molecule has 178 valence electrons. The van der Waals surface area contributed by atoms with Gasteiger partial charge in [0.1, 0.15) is 5.75 Å². The van der Waals surface area contributed by atoms with Gasteiger partial charge >= 0.3 is 0 Å². The van der Waals surface area contributed by atoms with Gasteiger partial charge in [-0.05, 0) is 93.3 Å². The Labute approximate surface area is 197 Å². The topological polar surface area (TPSA) is 66.9 Å². The summed E-state index contributed by atoms with van der Waals surface area (Å²) in [6, 6.07) is 13.7. The zero-order chi connectivity index (χ0) is 23.6. The van der Waals surface area contributed by atoms with E-state index in [1.807, 2.05) is 36.9 Å². The van der Waals surface area contributed by atoms with Gasteiger partial charge in [-0.1, -0.05) is 12.1 Å². The molecule has 0 unspecified atom stereocenters. The van der Waals surface area contributed by atoms with E-state index in [0.29, 0.717) is 30.2 Å². The highest BCUT2D eigenvalue weighted by atomic mass is 32.2. The van der Waals surface area contributed by atoms with Gasteiger partial charge < -0.3 is 9.64 Å².